The molecule has 2 aromatic carbocycles. The fraction of sp³-hybridized carbons (Fsp3) is 0.500. The predicted octanol–water partition coefficient (Wildman–Crippen LogP) is 7.99. The predicted molar refractivity (Wildman–Crippen MR) is 258 cm³/mol. The highest BCUT2D eigenvalue weighted by Gasteiger charge is 2.39. The number of H-pyrrole nitrogens is 2. The van der Waals surface area contributed by atoms with Gasteiger partial charge >= 0.3 is 6.09 Å². The van der Waals surface area contributed by atoms with E-state index in [-0.39, 0.29) is 103 Å². The number of benzene rings is 2. The van der Waals surface area contributed by atoms with Gasteiger partial charge in [-0.05, 0) is 67.1 Å². The zero-order valence-electron chi connectivity index (χ0n) is 34.6. The van der Waals surface area contributed by atoms with Crippen LogP contribution in [0.3, 0.4) is 0 Å². The van der Waals surface area contributed by atoms with Crippen molar-refractivity contribution in [1.82, 2.24) is 35.1 Å². The Balaban J connectivity index is 0.00000240. The molecule has 0 unspecified atom stereocenters. The van der Waals surface area contributed by atoms with E-state index in [9.17, 15) is 14.4 Å². The van der Waals surface area contributed by atoms with E-state index in [2.05, 4.69) is 77.7 Å². The molecule has 3 amide bonds. The summed E-state index contributed by atoms with van der Waals surface area (Å²) in [6, 6.07) is 15.9. The zero-order valence-corrected chi connectivity index (χ0v) is 39.6. The zero-order chi connectivity index (χ0) is 37.9. The van der Waals surface area contributed by atoms with Crippen LogP contribution in [0, 0.1) is 17.8 Å². The standard InChI is InChI=1S/C42H53N7O5.5H2S/c1-25(2)27(4)40(50)48-20-6-10-34(48)38-43-23-32(44-38)30-16-12-28(13-17-30)29-14-18-31(19-15-29)37-33-24-54-22-8-9-26(3)36(47-42(52)53-5)41(51)49-21-7-11-35(49)39(45-33)46-37;;;;;/h12-19,23,25-27,34-36H,6-11,20-22,24H2,1-5H3,(H,43,44)(H,45,46)(H,47,52);5*1H2/t26-,27-,34-,35-,36-;;;;;/m0...../s1. The SMILES string of the molecule is COC(=O)N[C@@H]1C(=O)N2CCC[C@H]2c2nc(-c3ccc(-c4ccc(-c5cnc([C@@H]6CCCN6C(=O)[C@@H](C)C(C)C)[nH]5)cc4)cc3)c([nH]2)COCCC[C@@H]1C.S.S.S.S.S. The Bertz CT molecular complexity index is 1960. The number of fused-ring (bicyclic) bond motifs is 4. The van der Waals surface area contributed by atoms with Crippen molar-refractivity contribution in [3.63, 3.8) is 0 Å². The fourth-order valence-electron chi connectivity index (χ4n) is 8.08. The highest BCUT2D eigenvalue weighted by atomic mass is 32.1. The van der Waals surface area contributed by atoms with Crippen LogP contribution in [0.5, 0.6) is 0 Å². The molecule has 4 aromatic rings. The van der Waals surface area contributed by atoms with Gasteiger partial charge in [0.1, 0.15) is 17.7 Å². The Kier molecular flexibility index (Phi) is 20.3. The van der Waals surface area contributed by atoms with E-state index < -0.39 is 12.1 Å². The lowest BCUT2D eigenvalue weighted by atomic mass is 9.95. The summed E-state index contributed by atoms with van der Waals surface area (Å²) in [6.45, 7) is 10.5. The molecule has 5 atom stereocenters. The summed E-state index contributed by atoms with van der Waals surface area (Å²) in [6.07, 6.45) is 6.27. The largest absolute Gasteiger partial charge is 0.453 e. The molecule has 0 saturated carbocycles. The van der Waals surface area contributed by atoms with Gasteiger partial charge in [-0.1, -0.05) is 76.2 Å². The van der Waals surface area contributed by atoms with Crippen molar-refractivity contribution in [3.8, 4) is 33.6 Å². The Morgan fingerprint density at radius 1 is 0.814 bits per heavy atom. The molecule has 0 aliphatic carbocycles. The Hall–Kier alpha value is -3.22. The minimum atomic E-state index is -0.690. The average Bonchev–Trinajstić information content (AvgIpc) is 4.02. The van der Waals surface area contributed by atoms with Crippen LogP contribution in [-0.2, 0) is 25.7 Å². The van der Waals surface area contributed by atoms with Gasteiger partial charge in [-0.2, -0.15) is 67.5 Å². The summed E-state index contributed by atoms with van der Waals surface area (Å²) < 4.78 is 11.0. The second-order valence-electron chi connectivity index (χ2n) is 15.5. The molecule has 0 spiro atoms. The van der Waals surface area contributed by atoms with Gasteiger partial charge in [0.05, 0.1) is 49.1 Å². The van der Waals surface area contributed by atoms with Gasteiger partial charge in [0, 0.05) is 31.2 Å². The number of nitrogens with one attached hydrogen (secondary N) is 3. The Labute approximate surface area is 383 Å². The van der Waals surface area contributed by atoms with Gasteiger partial charge in [-0.15, -0.1) is 0 Å². The van der Waals surface area contributed by atoms with Crippen LogP contribution in [-0.4, -0.2) is 80.5 Å². The molecule has 7 rings (SSSR count). The van der Waals surface area contributed by atoms with Crippen molar-refractivity contribution >= 4 is 85.4 Å². The van der Waals surface area contributed by atoms with Gasteiger partial charge < -0.3 is 34.6 Å². The molecule has 2 saturated heterocycles. The van der Waals surface area contributed by atoms with Crippen molar-refractivity contribution in [2.45, 2.75) is 91.0 Å². The lowest BCUT2D eigenvalue weighted by Gasteiger charge is -2.31. The van der Waals surface area contributed by atoms with Gasteiger partial charge in [-0.3, -0.25) is 9.59 Å². The molecule has 17 heteroatoms. The number of hydrogen-bond donors (Lipinski definition) is 3. The van der Waals surface area contributed by atoms with Crippen LogP contribution in [0.4, 0.5) is 4.79 Å². The minimum Gasteiger partial charge on any atom is -0.453 e. The Morgan fingerprint density at radius 3 is 2.07 bits per heavy atom. The number of aromatic nitrogens is 4. The first-order valence-electron chi connectivity index (χ1n) is 19.5. The van der Waals surface area contributed by atoms with Gasteiger partial charge in [0.15, 0.2) is 0 Å². The van der Waals surface area contributed by atoms with E-state index in [1.165, 1.54) is 7.11 Å². The maximum atomic E-state index is 13.9. The number of carbonyl (C=O) groups is 3. The molecule has 0 radical (unpaired) electrons. The molecule has 2 bridgehead atoms. The van der Waals surface area contributed by atoms with E-state index >= 15 is 0 Å². The number of methoxy groups -OCH3 is 1. The molecular formula is C42H63N7O5S5. The van der Waals surface area contributed by atoms with Crippen molar-refractivity contribution in [2.24, 2.45) is 17.8 Å². The number of amides is 3. The summed E-state index contributed by atoms with van der Waals surface area (Å²) in [5, 5.41) is 2.80. The maximum absolute atomic E-state index is 13.9. The Morgan fingerprint density at radius 2 is 1.42 bits per heavy atom. The quantitative estimate of drug-likeness (QED) is 0.171. The fourth-order valence-corrected chi connectivity index (χ4v) is 8.08. The third-order valence-electron chi connectivity index (χ3n) is 11.7. The van der Waals surface area contributed by atoms with Crippen LogP contribution >= 0.6 is 67.5 Å². The van der Waals surface area contributed by atoms with Crippen LogP contribution in [0.25, 0.3) is 33.6 Å². The monoisotopic (exact) mass is 905 g/mol. The molecule has 5 heterocycles. The first-order chi connectivity index (χ1) is 26.1. The number of aromatic amines is 2. The van der Waals surface area contributed by atoms with Gasteiger partial charge in [0.2, 0.25) is 11.8 Å². The number of likely N-dealkylation sites (tertiary alicyclic amines) is 1. The second-order valence-corrected chi connectivity index (χ2v) is 15.5. The van der Waals surface area contributed by atoms with Crippen molar-refractivity contribution in [3.05, 3.63) is 72.1 Å². The maximum Gasteiger partial charge on any atom is 0.407 e. The summed E-state index contributed by atoms with van der Waals surface area (Å²) >= 11 is 0. The molecule has 59 heavy (non-hydrogen) atoms. The van der Waals surface area contributed by atoms with Gasteiger partial charge in [0.25, 0.3) is 0 Å². The van der Waals surface area contributed by atoms with E-state index in [1.54, 1.807) is 0 Å². The molecule has 3 aliphatic heterocycles. The lowest BCUT2D eigenvalue weighted by molar-refractivity contribution is -0.137. The van der Waals surface area contributed by atoms with Crippen LogP contribution < -0.4 is 5.32 Å². The normalized spacial score (nSPS) is 20.7. The number of imidazole rings is 2. The van der Waals surface area contributed by atoms with E-state index in [4.69, 9.17) is 19.4 Å². The number of rotatable bonds is 7. The van der Waals surface area contributed by atoms with E-state index in [0.29, 0.717) is 25.7 Å². The highest BCUT2D eigenvalue weighted by Crippen LogP contribution is 2.37. The molecule has 2 fully saturated rings. The molecular weight excluding hydrogens is 843 g/mol. The number of ether oxygens (including phenoxy) is 2. The molecule has 12 nitrogen and oxygen atoms in total. The van der Waals surface area contributed by atoms with Crippen molar-refractivity contribution in [2.75, 3.05) is 26.8 Å². The highest BCUT2D eigenvalue weighted by molar-refractivity contribution is 7.60. The summed E-state index contributed by atoms with van der Waals surface area (Å²) in [5.41, 5.74) is 6.81. The molecule has 2 aromatic heterocycles. The van der Waals surface area contributed by atoms with Gasteiger partial charge in [-0.25, -0.2) is 14.8 Å². The molecule has 3 N–H and O–H groups in total. The molecule has 326 valence electrons. The van der Waals surface area contributed by atoms with Crippen LogP contribution in [0.1, 0.15) is 95.6 Å². The second kappa shape index (κ2) is 23.1. The lowest BCUT2D eigenvalue weighted by Crippen LogP contribution is -2.51. The van der Waals surface area contributed by atoms with Crippen LogP contribution in [0.2, 0.25) is 0 Å². The number of nitrogens with zero attached hydrogens (tertiary/aromatic N) is 4. The smallest absolute Gasteiger partial charge is 0.407 e. The first-order valence-corrected chi connectivity index (χ1v) is 19.5. The van der Waals surface area contributed by atoms with E-state index in [0.717, 1.165) is 96.1 Å². The average molecular weight is 906 g/mol. The van der Waals surface area contributed by atoms with E-state index in [1.807, 2.05) is 29.8 Å². The van der Waals surface area contributed by atoms with Crippen LogP contribution in [0.15, 0.2) is 54.7 Å². The third-order valence-corrected chi connectivity index (χ3v) is 11.7. The topological polar surface area (TPSA) is 146 Å². The number of hydrogen-bond acceptors (Lipinski definition) is 7. The van der Waals surface area contributed by atoms with Crippen molar-refractivity contribution in [1.29, 1.82) is 0 Å². The first kappa shape index (κ1) is 51.9. The summed E-state index contributed by atoms with van der Waals surface area (Å²) in [7, 11) is 1.31. The number of alkyl carbamates (subject to hydrolysis) is 1. The van der Waals surface area contributed by atoms with Crippen molar-refractivity contribution < 1.29 is 23.9 Å². The molecule has 3 aliphatic rings. The minimum absolute atomic E-state index is 0. The summed E-state index contributed by atoms with van der Waals surface area (Å²) in [5.74, 6) is 1.89. The number of carbonyl (C=O) groups excluding carboxylic acids is 3. The third kappa shape index (κ3) is 11.4. The summed E-state index contributed by atoms with van der Waals surface area (Å²) in [4.78, 5) is 60.1.